The van der Waals surface area contributed by atoms with Gasteiger partial charge >= 0.3 is 0 Å². The number of aryl methyl sites for hydroxylation is 1. The molecule has 164 valence electrons. The normalized spacial score (nSPS) is 22.6. The molecule has 2 N–H and O–H groups in total. The Balaban J connectivity index is 1.12. The first-order valence-electron chi connectivity index (χ1n) is 11.3. The molecule has 3 heterocycles. The van der Waals surface area contributed by atoms with Gasteiger partial charge in [0, 0.05) is 40.8 Å². The lowest BCUT2D eigenvalue weighted by Gasteiger charge is -2.28. The van der Waals surface area contributed by atoms with Crippen LogP contribution in [0.4, 0.5) is 4.39 Å². The van der Waals surface area contributed by atoms with Gasteiger partial charge in [0.2, 0.25) is 0 Å². The molecule has 32 heavy (non-hydrogen) atoms. The standard InChI is InChI=1S/C26H26FN3O2/c1-15-2-6-20-24(30-15)8-9-25-26(20)32-19(14-31-25)12-28-18-5-3-16(10-18)22-13-29-23-7-4-17(27)11-21(22)23/h2,4,6-9,11,13,16,18-19,28-29H,3,5,10,12,14H2,1H3/t16-,18+,19+/m1/s1. The van der Waals surface area contributed by atoms with Crippen LogP contribution in [0.3, 0.4) is 0 Å². The van der Waals surface area contributed by atoms with E-state index in [1.54, 1.807) is 6.07 Å². The summed E-state index contributed by atoms with van der Waals surface area (Å²) in [6.45, 7) is 3.25. The number of rotatable bonds is 4. The van der Waals surface area contributed by atoms with Crippen LogP contribution >= 0.6 is 0 Å². The third-order valence-electron chi connectivity index (χ3n) is 6.82. The van der Waals surface area contributed by atoms with Crippen LogP contribution in [0.15, 0.2) is 48.7 Å². The summed E-state index contributed by atoms with van der Waals surface area (Å²) in [5, 5.41) is 5.68. The number of pyridine rings is 1. The largest absolute Gasteiger partial charge is 0.486 e. The van der Waals surface area contributed by atoms with E-state index in [1.807, 2.05) is 37.4 Å². The van der Waals surface area contributed by atoms with Crippen LogP contribution in [0.1, 0.15) is 36.4 Å². The molecule has 1 saturated carbocycles. The van der Waals surface area contributed by atoms with Crippen LogP contribution in [0.5, 0.6) is 11.5 Å². The SMILES string of the molecule is Cc1ccc2c3c(ccc2n1)OC[C@H](CN[C@H]1CC[C@@H](c2c[nH]c4ccc(F)cc24)C1)O3. The zero-order chi connectivity index (χ0) is 21.7. The van der Waals surface area contributed by atoms with Gasteiger partial charge in [-0.1, -0.05) is 0 Å². The smallest absolute Gasteiger partial charge is 0.171 e. The highest BCUT2D eigenvalue weighted by Gasteiger charge is 2.29. The molecular formula is C26H26FN3O2. The second-order valence-corrected chi connectivity index (χ2v) is 9.01. The van der Waals surface area contributed by atoms with Gasteiger partial charge < -0.3 is 19.8 Å². The van der Waals surface area contributed by atoms with E-state index in [2.05, 4.69) is 21.4 Å². The number of aromatic amines is 1. The van der Waals surface area contributed by atoms with Crippen LogP contribution in [-0.2, 0) is 0 Å². The van der Waals surface area contributed by atoms with E-state index in [0.29, 0.717) is 18.6 Å². The van der Waals surface area contributed by atoms with Crippen molar-refractivity contribution in [3.05, 3.63) is 65.7 Å². The zero-order valence-corrected chi connectivity index (χ0v) is 18.0. The molecule has 0 bridgehead atoms. The molecule has 2 aromatic heterocycles. The number of ether oxygens (including phenoxy) is 2. The van der Waals surface area contributed by atoms with Gasteiger partial charge in [-0.15, -0.1) is 0 Å². The van der Waals surface area contributed by atoms with Crippen molar-refractivity contribution in [3.8, 4) is 11.5 Å². The maximum absolute atomic E-state index is 13.8. The Hall–Kier alpha value is -3.12. The number of halogens is 1. The summed E-state index contributed by atoms with van der Waals surface area (Å²) >= 11 is 0. The van der Waals surface area contributed by atoms with E-state index in [0.717, 1.165) is 64.8 Å². The summed E-state index contributed by atoms with van der Waals surface area (Å²) in [6.07, 6.45) is 5.24. The first-order valence-corrected chi connectivity index (χ1v) is 11.3. The molecule has 0 saturated heterocycles. The first kappa shape index (κ1) is 19.6. The summed E-state index contributed by atoms with van der Waals surface area (Å²) in [6, 6.07) is 13.4. The fourth-order valence-corrected chi connectivity index (χ4v) is 5.18. The van der Waals surface area contributed by atoms with Crippen LogP contribution in [0.25, 0.3) is 21.8 Å². The van der Waals surface area contributed by atoms with Crippen molar-refractivity contribution < 1.29 is 13.9 Å². The molecular weight excluding hydrogens is 405 g/mol. The van der Waals surface area contributed by atoms with E-state index in [-0.39, 0.29) is 11.9 Å². The van der Waals surface area contributed by atoms with Crippen molar-refractivity contribution in [3.63, 3.8) is 0 Å². The Morgan fingerprint density at radius 1 is 1.12 bits per heavy atom. The molecule has 5 nitrogen and oxygen atoms in total. The van der Waals surface area contributed by atoms with Gasteiger partial charge in [0.05, 0.1) is 5.52 Å². The molecule has 0 unspecified atom stereocenters. The lowest BCUT2D eigenvalue weighted by atomic mass is 9.97. The third-order valence-corrected chi connectivity index (χ3v) is 6.82. The van der Waals surface area contributed by atoms with Crippen molar-refractivity contribution in [2.24, 2.45) is 0 Å². The molecule has 0 radical (unpaired) electrons. The second kappa shape index (κ2) is 7.78. The van der Waals surface area contributed by atoms with Crippen molar-refractivity contribution in [1.82, 2.24) is 15.3 Å². The van der Waals surface area contributed by atoms with Gasteiger partial charge in [-0.25, -0.2) is 4.39 Å². The van der Waals surface area contributed by atoms with Crippen LogP contribution < -0.4 is 14.8 Å². The highest BCUT2D eigenvalue weighted by molar-refractivity contribution is 5.88. The number of nitrogens with one attached hydrogen (secondary N) is 2. The summed E-state index contributed by atoms with van der Waals surface area (Å²) in [7, 11) is 0. The summed E-state index contributed by atoms with van der Waals surface area (Å²) in [4.78, 5) is 7.89. The van der Waals surface area contributed by atoms with Gasteiger partial charge in [-0.05, 0) is 80.1 Å². The first-order chi connectivity index (χ1) is 15.6. The summed E-state index contributed by atoms with van der Waals surface area (Å²) < 4.78 is 26.1. The van der Waals surface area contributed by atoms with Crippen molar-refractivity contribution in [2.75, 3.05) is 13.2 Å². The summed E-state index contributed by atoms with van der Waals surface area (Å²) in [5.41, 5.74) is 4.14. The topological polar surface area (TPSA) is 59.2 Å². The Kier molecular flexibility index (Phi) is 4.76. The number of benzene rings is 2. The number of nitrogens with zero attached hydrogens (tertiary/aromatic N) is 1. The summed E-state index contributed by atoms with van der Waals surface area (Å²) in [5.74, 6) is 1.83. The molecule has 4 aromatic rings. The molecule has 2 aromatic carbocycles. The maximum Gasteiger partial charge on any atom is 0.171 e. The van der Waals surface area contributed by atoms with Gasteiger partial charge in [0.15, 0.2) is 11.5 Å². The monoisotopic (exact) mass is 431 g/mol. The fourth-order valence-electron chi connectivity index (χ4n) is 5.18. The highest BCUT2D eigenvalue weighted by atomic mass is 19.1. The van der Waals surface area contributed by atoms with Crippen LogP contribution in [0, 0.1) is 12.7 Å². The average molecular weight is 432 g/mol. The molecule has 6 rings (SSSR count). The number of aromatic nitrogens is 2. The lowest BCUT2D eigenvalue weighted by molar-refractivity contribution is 0.0902. The second-order valence-electron chi connectivity index (χ2n) is 9.01. The molecule has 1 fully saturated rings. The third kappa shape index (κ3) is 3.48. The molecule has 0 spiro atoms. The van der Waals surface area contributed by atoms with Crippen LogP contribution in [-0.4, -0.2) is 35.3 Å². The minimum Gasteiger partial charge on any atom is -0.486 e. The van der Waals surface area contributed by atoms with E-state index >= 15 is 0 Å². The Labute approximate surface area is 185 Å². The molecule has 3 atom stereocenters. The Bertz CT molecular complexity index is 1300. The van der Waals surface area contributed by atoms with Gasteiger partial charge in [-0.3, -0.25) is 4.98 Å². The predicted octanol–water partition coefficient (Wildman–Crippen LogP) is 5.23. The molecule has 1 aliphatic heterocycles. The molecule has 6 heteroatoms. The predicted molar refractivity (Wildman–Crippen MR) is 123 cm³/mol. The quantitative estimate of drug-likeness (QED) is 0.465. The minimum absolute atomic E-state index is 0.0457. The number of H-pyrrole nitrogens is 1. The average Bonchev–Trinajstić information content (AvgIpc) is 3.43. The number of hydrogen-bond acceptors (Lipinski definition) is 4. The molecule has 1 aliphatic carbocycles. The van der Waals surface area contributed by atoms with E-state index in [9.17, 15) is 4.39 Å². The Morgan fingerprint density at radius 3 is 3.00 bits per heavy atom. The van der Waals surface area contributed by atoms with Crippen molar-refractivity contribution in [1.29, 1.82) is 0 Å². The number of fused-ring (bicyclic) bond motifs is 4. The van der Waals surface area contributed by atoms with Crippen molar-refractivity contribution >= 4 is 21.8 Å². The van der Waals surface area contributed by atoms with E-state index < -0.39 is 0 Å². The fraction of sp³-hybridized carbons (Fsp3) is 0.346. The molecule has 2 aliphatic rings. The highest BCUT2D eigenvalue weighted by Crippen LogP contribution is 2.40. The Morgan fingerprint density at radius 2 is 2.06 bits per heavy atom. The van der Waals surface area contributed by atoms with Crippen molar-refractivity contribution in [2.45, 2.75) is 44.2 Å². The van der Waals surface area contributed by atoms with E-state index in [1.165, 1.54) is 11.6 Å². The molecule has 0 amide bonds. The van der Waals surface area contributed by atoms with E-state index in [4.69, 9.17) is 9.47 Å². The maximum atomic E-state index is 13.8. The van der Waals surface area contributed by atoms with Gasteiger partial charge in [0.25, 0.3) is 0 Å². The van der Waals surface area contributed by atoms with Gasteiger partial charge in [0.1, 0.15) is 18.5 Å². The van der Waals surface area contributed by atoms with Gasteiger partial charge in [-0.2, -0.15) is 0 Å². The minimum atomic E-state index is -0.182. The lowest BCUT2D eigenvalue weighted by Crippen LogP contribution is -2.41. The van der Waals surface area contributed by atoms with Crippen LogP contribution in [0.2, 0.25) is 0 Å². The zero-order valence-electron chi connectivity index (χ0n) is 18.0. The number of hydrogen-bond donors (Lipinski definition) is 2.